The van der Waals surface area contributed by atoms with E-state index in [2.05, 4.69) is 20.0 Å². The molecule has 3 heterocycles. The summed E-state index contributed by atoms with van der Waals surface area (Å²) < 4.78 is 37.3. The molecule has 5 atom stereocenters. The lowest BCUT2D eigenvalue weighted by Gasteiger charge is -2.23. The van der Waals surface area contributed by atoms with Gasteiger partial charge in [0.1, 0.15) is 36.9 Å². The van der Waals surface area contributed by atoms with Crippen molar-refractivity contribution in [2.24, 2.45) is 0 Å². The van der Waals surface area contributed by atoms with E-state index in [1.54, 1.807) is 31.2 Å². The number of nitrogens with one attached hydrogen (secondary N) is 1. The first-order valence-corrected chi connectivity index (χ1v) is 14.1. The van der Waals surface area contributed by atoms with Crippen LogP contribution in [0.4, 0.5) is 5.82 Å². The van der Waals surface area contributed by atoms with Crippen molar-refractivity contribution in [3.05, 3.63) is 54.1 Å². The van der Waals surface area contributed by atoms with E-state index in [-0.39, 0.29) is 34.6 Å². The van der Waals surface area contributed by atoms with Crippen LogP contribution in [0.1, 0.15) is 13.2 Å². The molecule has 0 saturated carbocycles. The molecule has 1 saturated heterocycles. The highest BCUT2D eigenvalue weighted by Crippen LogP contribution is 2.47. The van der Waals surface area contributed by atoms with Crippen molar-refractivity contribution in [1.82, 2.24) is 24.6 Å². The smallest absolute Gasteiger partial charge is 0.459 e. The highest BCUT2D eigenvalue weighted by Gasteiger charge is 2.46. The van der Waals surface area contributed by atoms with Crippen molar-refractivity contribution < 1.29 is 38.1 Å². The van der Waals surface area contributed by atoms with Gasteiger partial charge in [0, 0.05) is 5.39 Å². The second-order valence-electron chi connectivity index (χ2n) is 8.73. The van der Waals surface area contributed by atoms with E-state index < -0.39 is 51.4 Å². The third-order valence-corrected chi connectivity index (χ3v) is 7.89. The van der Waals surface area contributed by atoms with Crippen molar-refractivity contribution in [3.63, 3.8) is 0 Å². The molecule has 0 aliphatic carbocycles. The van der Waals surface area contributed by atoms with Gasteiger partial charge in [-0.25, -0.2) is 24.6 Å². The Hall–Kier alpha value is -3.36. The summed E-state index contributed by atoms with van der Waals surface area (Å²) in [4.78, 5) is 24.1. The first-order valence-electron chi connectivity index (χ1n) is 12.2. The summed E-state index contributed by atoms with van der Waals surface area (Å²) in [5, 5.41) is 25.4. The third kappa shape index (κ3) is 5.60. The Bertz CT molecular complexity index is 1580. The number of hydrogen-bond donors (Lipinski definition) is 4. The molecule has 0 spiro atoms. The molecular weight excluding hydrogens is 567 g/mol. The zero-order valence-corrected chi connectivity index (χ0v) is 22.7. The summed E-state index contributed by atoms with van der Waals surface area (Å²) in [7, 11) is -4.26. The van der Waals surface area contributed by atoms with Gasteiger partial charge in [-0.1, -0.05) is 36.4 Å². The number of esters is 1. The second kappa shape index (κ2) is 11.6. The third-order valence-electron chi connectivity index (χ3n) is 6.15. The SMILES string of the molecule is CCOC(=O)CNP(=O)(OC[C@H]1O[C@@H](n2c(Cl)nc3c(N)ncnc32)C(O)[C@H]1O)Oc1cccc2ccccc12. The molecule has 2 aromatic carbocycles. The van der Waals surface area contributed by atoms with Crippen LogP contribution in [0.3, 0.4) is 0 Å². The number of rotatable bonds is 10. The Kier molecular flexibility index (Phi) is 8.19. The first kappa shape index (κ1) is 28.2. The van der Waals surface area contributed by atoms with Gasteiger partial charge in [0.05, 0.1) is 13.2 Å². The summed E-state index contributed by atoms with van der Waals surface area (Å²) in [6, 6.07) is 12.4. The fourth-order valence-corrected chi connectivity index (χ4v) is 5.81. The second-order valence-corrected chi connectivity index (χ2v) is 10.8. The first-order chi connectivity index (χ1) is 19.2. The van der Waals surface area contributed by atoms with Crippen LogP contribution in [0, 0.1) is 0 Å². The highest BCUT2D eigenvalue weighted by molar-refractivity contribution is 7.52. The van der Waals surface area contributed by atoms with Crippen LogP contribution in [0.25, 0.3) is 21.9 Å². The van der Waals surface area contributed by atoms with Gasteiger partial charge in [0.2, 0.25) is 5.28 Å². The molecule has 5 N–H and O–H groups in total. The number of nitrogens with two attached hydrogens (primary N) is 1. The molecule has 16 heteroatoms. The van der Waals surface area contributed by atoms with Crippen molar-refractivity contribution in [1.29, 1.82) is 0 Å². The van der Waals surface area contributed by atoms with Crippen LogP contribution in [0.5, 0.6) is 5.75 Å². The molecule has 0 radical (unpaired) electrons. The van der Waals surface area contributed by atoms with E-state index in [0.29, 0.717) is 5.39 Å². The Labute approximate surface area is 232 Å². The minimum absolute atomic E-state index is 0.0674. The van der Waals surface area contributed by atoms with Crippen LogP contribution in [-0.2, 0) is 23.4 Å². The molecule has 5 rings (SSSR count). The molecule has 4 aromatic rings. The van der Waals surface area contributed by atoms with E-state index >= 15 is 0 Å². The van der Waals surface area contributed by atoms with Gasteiger partial charge in [-0.15, -0.1) is 0 Å². The number of nitrogens with zero attached hydrogens (tertiary/aromatic N) is 4. The largest absolute Gasteiger partial charge is 0.465 e. The number of carbonyl (C=O) groups excluding carboxylic acids is 1. The number of halogens is 1. The summed E-state index contributed by atoms with van der Waals surface area (Å²) in [5.74, 6) is -0.376. The maximum Gasteiger partial charge on any atom is 0.459 e. The zero-order chi connectivity index (χ0) is 28.4. The number of aromatic nitrogens is 4. The Morgan fingerprint density at radius 1 is 1.20 bits per heavy atom. The summed E-state index contributed by atoms with van der Waals surface area (Å²) in [6.07, 6.45) is -4.22. The Morgan fingerprint density at radius 3 is 2.77 bits per heavy atom. The molecule has 1 fully saturated rings. The highest BCUT2D eigenvalue weighted by atomic mass is 35.5. The Morgan fingerprint density at radius 2 is 1.98 bits per heavy atom. The van der Waals surface area contributed by atoms with E-state index in [1.807, 2.05) is 18.2 Å². The van der Waals surface area contributed by atoms with Crippen molar-refractivity contribution in [3.8, 4) is 5.75 Å². The standard InChI is InChI=1S/C24H26ClN6O8P/c1-2-36-17(32)10-29-40(35,39-15-9-5-7-13-6-3-4-8-14(13)15)37-11-16-19(33)20(34)23(38-16)31-22-18(30-24(31)25)21(26)27-12-28-22/h3-9,12,16,19-20,23,33-34H,2,10-11H2,1H3,(H,29,35)(H2,26,27,28)/t16-,19+,20?,23-,40?/m1/s1. The fourth-order valence-electron chi connectivity index (χ4n) is 4.26. The van der Waals surface area contributed by atoms with Crippen molar-refractivity contribution >= 4 is 53.1 Å². The lowest BCUT2D eigenvalue weighted by Crippen LogP contribution is -2.34. The predicted molar refractivity (Wildman–Crippen MR) is 143 cm³/mol. The minimum Gasteiger partial charge on any atom is -0.465 e. The normalized spacial score (nSPS) is 22.4. The van der Waals surface area contributed by atoms with E-state index in [9.17, 15) is 19.6 Å². The average Bonchev–Trinajstić information content (AvgIpc) is 3.42. The zero-order valence-electron chi connectivity index (χ0n) is 21.1. The summed E-state index contributed by atoms with van der Waals surface area (Å²) in [6.45, 7) is 0.775. The monoisotopic (exact) mass is 592 g/mol. The molecule has 2 unspecified atom stereocenters. The number of benzene rings is 2. The maximum atomic E-state index is 13.8. The lowest BCUT2D eigenvalue weighted by atomic mass is 10.1. The molecule has 2 aromatic heterocycles. The number of fused-ring (bicyclic) bond motifs is 2. The van der Waals surface area contributed by atoms with Crippen LogP contribution in [0.15, 0.2) is 48.8 Å². The van der Waals surface area contributed by atoms with Gasteiger partial charge in [0.15, 0.2) is 23.2 Å². The van der Waals surface area contributed by atoms with Gasteiger partial charge in [0.25, 0.3) is 0 Å². The number of aliphatic hydroxyl groups excluding tert-OH is 2. The topological polar surface area (TPSA) is 193 Å². The minimum atomic E-state index is -4.26. The molecule has 40 heavy (non-hydrogen) atoms. The summed E-state index contributed by atoms with van der Waals surface area (Å²) in [5.41, 5.74) is 6.21. The molecular formula is C24H26ClN6O8P. The van der Waals surface area contributed by atoms with Gasteiger partial charge in [-0.3, -0.25) is 13.9 Å². The van der Waals surface area contributed by atoms with Crippen LogP contribution >= 0.6 is 19.3 Å². The van der Waals surface area contributed by atoms with Gasteiger partial charge in [-0.05, 0) is 30.0 Å². The molecule has 1 aliphatic rings. The quantitative estimate of drug-likeness (QED) is 0.119. The maximum absolute atomic E-state index is 13.8. The molecule has 0 amide bonds. The van der Waals surface area contributed by atoms with Crippen LogP contribution in [0.2, 0.25) is 5.28 Å². The number of aliphatic hydroxyl groups is 2. The number of carbonyl (C=O) groups is 1. The Balaban J connectivity index is 1.37. The summed E-state index contributed by atoms with van der Waals surface area (Å²) >= 11 is 6.27. The van der Waals surface area contributed by atoms with Gasteiger partial charge >= 0.3 is 13.7 Å². The lowest BCUT2D eigenvalue weighted by molar-refractivity contribution is -0.141. The number of ether oxygens (including phenoxy) is 2. The number of anilines is 1. The van der Waals surface area contributed by atoms with Gasteiger partial charge in [-0.2, -0.15) is 0 Å². The van der Waals surface area contributed by atoms with Crippen molar-refractivity contribution in [2.45, 2.75) is 31.5 Å². The average molecular weight is 593 g/mol. The van der Waals surface area contributed by atoms with Gasteiger partial charge < -0.3 is 29.9 Å². The molecule has 1 aliphatic heterocycles. The van der Waals surface area contributed by atoms with E-state index in [4.69, 9.17) is 35.9 Å². The van der Waals surface area contributed by atoms with Crippen molar-refractivity contribution in [2.75, 3.05) is 25.5 Å². The number of nitrogen functional groups attached to an aromatic ring is 1. The van der Waals surface area contributed by atoms with Crippen LogP contribution < -0.4 is 15.3 Å². The molecule has 212 valence electrons. The van der Waals surface area contributed by atoms with Crippen LogP contribution in [-0.4, -0.2) is 73.8 Å². The van der Waals surface area contributed by atoms with E-state index in [1.165, 1.54) is 10.9 Å². The number of imidazole rings is 1. The molecule has 0 bridgehead atoms. The number of hydrogen-bond acceptors (Lipinski definition) is 12. The molecule has 14 nitrogen and oxygen atoms in total. The predicted octanol–water partition coefficient (Wildman–Crippen LogP) is 2.19. The van der Waals surface area contributed by atoms with E-state index in [0.717, 1.165) is 5.39 Å². The fraction of sp³-hybridized carbons (Fsp3) is 0.333.